The van der Waals surface area contributed by atoms with E-state index in [4.69, 9.17) is 5.26 Å². The van der Waals surface area contributed by atoms with Crippen molar-refractivity contribution in [2.75, 3.05) is 13.1 Å². The van der Waals surface area contributed by atoms with Crippen LogP contribution in [0.25, 0.3) is 0 Å². The van der Waals surface area contributed by atoms with Crippen LogP contribution in [0.15, 0.2) is 12.2 Å². The zero-order chi connectivity index (χ0) is 13.9. The summed E-state index contributed by atoms with van der Waals surface area (Å²) in [7, 11) is 0. The maximum Gasteiger partial charge on any atom is 0.243 e. The Hall–Kier alpha value is -1.83. The minimum Gasteiger partial charge on any atom is -0.353 e. The Bertz CT molecular complexity index is 365. The van der Waals surface area contributed by atoms with E-state index in [0.29, 0.717) is 19.0 Å². The predicted octanol–water partition coefficient (Wildman–Crippen LogP) is 1.27. The van der Waals surface area contributed by atoms with Gasteiger partial charge in [0.15, 0.2) is 0 Å². The molecule has 19 heavy (non-hydrogen) atoms. The molecule has 0 aromatic rings. The number of hydrogen-bond donors (Lipinski definition) is 2. The zero-order valence-electron chi connectivity index (χ0n) is 11.2. The van der Waals surface area contributed by atoms with Gasteiger partial charge in [-0.2, -0.15) is 5.26 Å². The molecule has 0 spiro atoms. The van der Waals surface area contributed by atoms with Gasteiger partial charge in [0.2, 0.25) is 11.8 Å². The lowest BCUT2D eigenvalue weighted by Crippen LogP contribution is -2.33. The maximum absolute atomic E-state index is 11.5. The Balaban J connectivity index is 2.09. The molecule has 1 rings (SSSR count). The second kappa shape index (κ2) is 9.15. The number of nitriles is 1. The first-order valence-electron chi connectivity index (χ1n) is 6.82. The Morgan fingerprint density at radius 1 is 1.16 bits per heavy atom. The van der Waals surface area contributed by atoms with E-state index in [2.05, 4.69) is 10.6 Å². The largest absolute Gasteiger partial charge is 0.353 e. The third kappa shape index (κ3) is 7.24. The number of hydrogen-bond acceptors (Lipinski definition) is 3. The van der Waals surface area contributed by atoms with Crippen molar-refractivity contribution in [2.45, 2.75) is 38.5 Å². The van der Waals surface area contributed by atoms with Crippen LogP contribution in [0.4, 0.5) is 0 Å². The van der Waals surface area contributed by atoms with Gasteiger partial charge in [-0.15, -0.1) is 0 Å². The van der Waals surface area contributed by atoms with E-state index in [1.165, 1.54) is 32.1 Å². The molecule has 0 unspecified atom stereocenters. The SMILES string of the molecule is N#CCC(=O)NCCNC(=O)/C=C/C1CCCCC1. The van der Waals surface area contributed by atoms with Crippen LogP contribution in [-0.2, 0) is 9.59 Å². The zero-order valence-corrected chi connectivity index (χ0v) is 11.2. The summed E-state index contributed by atoms with van der Waals surface area (Å²) in [6.07, 6.45) is 9.59. The highest BCUT2D eigenvalue weighted by Gasteiger charge is 2.10. The third-order valence-corrected chi connectivity index (χ3v) is 3.16. The molecule has 0 saturated heterocycles. The minimum atomic E-state index is -0.311. The van der Waals surface area contributed by atoms with Crippen molar-refractivity contribution < 1.29 is 9.59 Å². The van der Waals surface area contributed by atoms with Gasteiger partial charge < -0.3 is 10.6 Å². The number of carbonyl (C=O) groups is 2. The predicted molar refractivity (Wildman–Crippen MR) is 72.0 cm³/mol. The molecule has 0 atom stereocenters. The van der Waals surface area contributed by atoms with Gasteiger partial charge in [-0.25, -0.2) is 0 Å². The quantitative estimate of drug-likeness (QED) is 0.559. The third-order valence-electron chi connectivity index (χ3n) is 3.16. The van der Waals surface area contributed by atoms with Gasteiger partial charge in [0.05, 0.1) is 6.07 Å². The van der Waals surface area contributed by atoms with Gasteiger partial charge in [-0.05, 0) is 24.8 Å². The summed E-state index contributed by atoms with van der Waals surface area (Å²) in [6, 6.07) is 1.76. The Labute approximate surface area is 114 Å². The molecule has 104 valence electrons. The highest BCUT2D eigenvalue weighted by atomic mass is 16.2. The lowest BCUT2D eigenvalue weighted by atomic mass is 9.89. The number of nitrogens with zero attached hydrogens (tertiary/aromatic N) is 1. The summed E-state index contributed by atoms with van der Waals surface area (Å²) in [5, 5.41) is 13.5. The van der Waals surface area contributed by atoms with Crippen LogP contribution >= 0.6 is 0 Å². The fraction of sp³-hybridized carbons (Fsp3) is 0.643. The number of carbonyl (C=O) groups excluding carboxylic acids is 2. The van der Waals surface area contributed by atoms with Gasteiger partial charge >= 0.3 is 0 Å². The van der Waals surface area contributed by atoms with E-state index >= 15 is 0 Å². The van der Waals surface area contributed by atoms with E-state index in [1.54, 1.807) is 12.1 Å². The van der Waals surface area contributed by atoms with Crippen LogP contribution in [0.3, 0.4) is 0 Å². The Kier molecular flexibility index (Phi) is 7.33. The Morgan fingerprint density at radius 2 is 1.84 bits per heavy atom. The van der Waals surface area contributed by atoms with Gasteiger partial charge in [0.1, 0.15) is 6.42 Å². The normalized spacial score (nSPS) is 15.9. The van der Waals surface area contributed by atoms with Crippen LogP contribution in [0.5, 0.6) is 0 Å². The van der Waals surface area contributed by atoms with Crippen molar-refractivity contribution in [3.05, 3.63) is 12.2 Å². The van der Waals surface area contributed by atoms with Gasteiger partial charge in [-0.3, -0.25) is 9.59 Å². The van der Waals surface area contributed by atoms with Crippen molar-refractivity contribution in [3.8, 4) is 6.07 Å². The summed E-state index contributed by atoms with van der Waals surface area (Å²) >= 11 is 0. The lowest BCUT2D eigenvalue weighted by molar-refractivity contribution is -0.120. The smallest absolute Gasteiger partial charge is 0.243 e. The first-order valence-corrected chi connectivity index (χ1v) is 6.82. The molecule has 5 heteroatoms. The van der Waals surface area contributed by atoms with Crippen LogP contribution in [0.2, 0.25) is 0 Å². The topological polar surface area (TPSA) is 82.0 Å². The number of rotatable bonds is 6. The van der Waals surface area contributed by atoms with Crippen molar-refractivity contribution in [2.24, 2.45) is 5.92 Å². The molecule has 2 amide bonds. The molecule has 0 bridgehead atoms. The Morgan fingerprint density at radius 3 is 2.53 bits per heavy atom. The van der Waals surface area contributed by atoms with E-state index in [0.717, 1.165) is 0 Å². The molecule has 1 saturated carbocycles. The fourth-order valence-corrected chi connectivity index (χ4v) is 2.13. The highest BCUT2D eigenvalue weighted by Crippen LogP contribution is 2.24. The van der Waals surface area contributed by atoms with E-state index in [1.807, 2.05) is 6.08 Å². The van der Waals surface area contributed by atoms with Crippen LogP contribution in [0, 0.1) is 17.2 Å². The van der Waals surface area contributed by atoms with E-state index in [-0.39, 0.29) is 18.2 Å². The molecule has 0 heterocycles. The average molecular weight is 263 g/mol. The molecular weight excluding hydrogens is 242 g/mol. The summed E-state index contributed by atoms with van der Waals surface area (Å²) in [5.41, 5.74) is 0. The maximum atomic E-state index is 11.5. The number of allylic oxidation sites excluding steroid dienone is 1. The summed E-state index contributed by atoms with van der Waals surface area (Å²) < 4.78 is 0. The second-order valence-electron chi connectivity index (χ2n) is 4.73. The second-order valence-corrected chi connectivity index (χ2v) is 4.73. The molecule has 5 nitrogen and oxygen atoms in total. The molecular formula is C14H21N3O2. The first kappa shape index (κ1) is 15.2. The average Bonchev–Trinajstić information content (AvgIpc) is 2.43. The molecule has 0 aliphatic heterocycles. The first-order chi connectivity index (χ1) is 9.22. The number of amides is 2. The highest BCUT2D eigenvalue weighted by molar-refractivity contribution is 5.87. The van der Waals surface area contributed by atoms with E-state index in [9.17, 15) is 9.59 Å². The summed E-state index contributed by atoms with van der Waals surface area (Å²) in [5.74, 6) is 0.101. The molecule has 1 fully saturated rings. The monoisotopic (exact) mass is 263 g/mol. The van der Waals surface area contributed by atoms with Crippen molar-refractivity contribution in [1.82, 2.24) is 10.6 Å². The molecule has 1 aliphatic rings. The summed E-state index contributed by atoms with van der Waals surface area (Å²) in [6.45, 7) is 0.731. The van der Waals surface area contributed by atoms with Crippen molar-refractivity contribution in [1.29, 1.82) is 5.26 Å². The van der Waals surface area contributed by atoms with Crippen LogP contribution in [-0.4, -0.2) is 24.9 Å². The standard InChI is InChI=1S/C14H21N3O2/c15-9-8-14(19)17-11-10-16-13(18)7-6-12-4-2-1-3-5-12/h6-7,12H,1-5,8,10-11H2,(H,16,18)(H,17,19)/b7-6+. The number of nitrogens with one attached hydrogen (secondary N) is 2. The van der Waals surface area contributed by atoms with Crippen LogP contribution in [0.1, 0.15) is 38.5 Å². The van der Waals surface area contributed by atoms with Crippen LogP contribution < -0.4 is 10.6 Å². The van der Waals surface area contributed by atoms with E-state index < -0.39 is 0 Å². The van der Waals surface area contributed by atoms with Crippen molar-refractivity contribution in [3.63, 3.8) is 0 Å². The molecule has 1 aliphatic carbocycles. The molecule has 0 aromatic carbocycles. The van der Waals surface area contributed by atoms with Crippen molar-refractivity contribution >= 4 is 11.8 Å². The molecule has 2 N–H and O–H groups in total. The van der Waals surface area contributed by atoms with Gasteiger partial charge in [0, 0.05) is 13.1 Å². The minimum absolute atomic E-state index is 0.125. The van der Waals surface area contributed by atoms with Gasteiger partial charge in [-0.1, -0.05) is 25.3 Å². The lowest BCUT2D eigenvalue weighted by Gasteiger charge is -2.17. The van der Waals surface area contributed by atoms with Gasteiger partial charge in [0.25, 0.3) is 0 Å². The molecule has 0 radical (unpaired) electrons. The molecule has 0 aromatic heterocycles. The summed E-state index contributed by atoms with van der Waals surface area (Å²) in [4.78, 5) is 22.5. The fourth-order valence-electron chi connectivity index (χ4n) is 2.13.